The quantitative estimate of drug-likeness (QED) is 0.158. The number of aryl methyl sites for hydroxylation is 2. The highest BCUT2D eigenvalue weighted by Crippen LogP contribution is 2.36. The number of aromatic nitrogens is 8. The van der Waals surface area contributed by atoms with E-state index in [1.807, 2.05) is 34.6 Å². The standard InChI is InChI=1S/C11H14BF3N2O2.C10H8F3N5.C5H6ClN3.CH4/c1-9(2)10(3,4)19-12(18-9)7-5-16-8(17-6-7)11(13,14)15;1-5-2-15-8(18-7(5)14)6-3-16-9(17-4-6)10(11,12)13;1-3-2-8-5(6)9-4(3)7;/h5-6H,1-4H3;2-4H,1H3,(H2,14,15,18);2H,1H3,(H2,7,8,9);1H4. The minimum Gasteiger partial charge on any atom is -0.399 e. The summed E-state index contributed by atoms with van der Waals surface area (Å²) in [5.74, 6) is -1.49. The summed E-state index contributed by atoms with van der Waals surface area (Å²) < 4.78 is 85.2. The molecule has 1 fully saturated rings. The summed E-state index contributed by atoms with van der Waals surface area (Å²) in [4.78, 5) is 28.3. The molecule has 4 aromatic heterocycles. The first-order valence-corrected chi connectivity index (χ1v) is 13.5. The number of hydrogen-bond donors (Lipinski definition) is 2. The molecule has 254 valence electrons. The van der Waals surface area contributed by atoms with Gasteiger partial charge in [-0.3, -0.25) is 0 Å². The zero-order valence-electron chi connectivity index (χ0n) is 25.2. The van der Waals surface area contributed by atoms with Crippen LogP contribution in [-0.2, 0) is 21.7 Å². The highest BCUT2D eigenvalue weighted by atomic mass is 35.5. The summed E-state index contributed by atoms with van der Waals surface area (Å²) in [5.41, 5.74) is 12.0. The van der Waals surface area contributed by atoms with Crippen LogP contribution >= 0.6 is 11.6 Å². The van der Waals surface area contributed by atoms with E-state index in [2.05, 4.69) is 39.9 Å². The number of rotatable bonds is 2. The molecule has 1 aliphatic rings. The van der Waals surface area contributed by atoms with Crippen LogP contribution in [-0.4, -0.2) is 58.2 Å². The number of halogens is 7. The Balaban J connectivity index is 0.000000257. The van der Waals surface area contributed by atoms with E-state index >= 15 is 0 Å². The lowest BCUT2D eigenvalue weighted by atomic mass is 9.81. The number of alkyl halides is 6. The largest absolute Gasteiger partial charge is 0.498 e. The summed E-state index contributed by atoms with van der Waals surface area (Å²) in [6.07, 6.45) is -1.85. The molecule has 0 aromatic carbocycles. The van der Waals surface area contributed by atoms with E-state index in [1.54, 1.807) is 13.1 Å². The van der Waals surface area contributed by atoms with E-state index in [1.165, 1.54) is 6.20 Å². The summed E-state index contributed by atoms with van der Waals surface area (Å²) in [6.45, 7) is 11.0. The van der Waals surface area contributed by atoms with Gasteiger partial charge in [-0.15, -0.1) is 0 Å². The Kier molecular flexibility index (Phi) is 12.2. The van der Waals surface area contributed by atoms with E-state index in [0.29, 0.717) is 16.8 Å². The molecule has 4 N–H and O–H groups in total. The molecule has 47 heavy (non-hydrogen) atoms. The second-order valence-electron chi connectivity index (χ2n) is 10.7. The fraction of sp³-hybridized carbons (Fsp3) is 0.407. The van der Waals surface area contributed by atoms with E-state index in [0.717, 1.165) is 30.4 Å². The molecular formula is C27H32BClF6N10O2. The van der Waals surface area contributed by atoms with Crippen molar-refractivity contribution >= 4 is 35.8 Å². The number of hydrogen-bond acceptors (Lipinski definition) is 12. The molecular weight excluding hydrogens is 657 g/mol. The highest BCUT2D eigenvalue weighted by Gasteiger charge is 2.52. The Morgan fingerprint density at radius 3 is 1.45 bits per heavy atom. The van der Waals surface area contributed by atoms with Crippen molar-refractivity contribution in [2.24, 2.45) is 0 Å². The SMILES string of the molecule is C.CC1(C)OB(c2cnc(C(F)(F)F)nc2)OC1(C)C.Cc1cnc(-c2cnc(C(F)(F)F)nc2)nc1N.Cc1cnc(Cl)nc1N. The molecule has 5 rings (SSSR count). The molecule has 0 saturated carbocycles. The average Bonchev–Trinajstić information content (AvgIpc) is 3.18. The van der Waals surface area contributed by atoms with Crippen LogP contribution in [0.1, 0.15) is 57.9 Å². The minimum atomic E-state index is -4.56. The number of anilines is 2. The fourth-order valence-corrected chi connectivity index (χ4v) is 3.34. The van der Waals surface area contributed by atoms with Crippen LogP contribution in [0.3, 0.4) is 0 Å². The molecule has 0 atom stereocenters. The monoisotopic (exact) mass is 688 g/mol. The van der Waals surface area contributed by atoms with Crippen LogP contribution < -0.4 is 16.9 Å². The van der Waals surface area contributed by atoms with Gasteiger partial charge in [0.15, 0.2) is 5.82 Å². The zero-order valence-corrected chi connectivity index (χ0v) is 26.0. The van der Waals surface area contributed by atoms with Crippen molar-refractivity contribution in [3.05, 3.63) is 65.2 Å². The molecule has 12 nitrogen and oxygen atoms in total. The predicted molar refractivity (Wildman–Crippen MR) is 163 cm³/mol. The number of nitrogen functional groups attached to an aromatic ring is 2. The van der Waals surface area contributed by atoms with Crippen molar-refractivity contribution < 1.29 is 35.7 Å². The first kappa shape index (κ1) is 39.0. The third-order valence-corrected chi connectivity index (χ3v) is 6.79. The second kappa shape index (κ2) is 14.7. The van der Waals surface area contributed by atoms with Gasteiger partial charge >= 0.3 is 19.5 Å². The van der Waals surface area contributed by atoms with E-state index in [-0.39, 0.29) is 29.9 Å². The maximum atomic E-state index is 12.4. The molecule has 20 heteroatoms. The van der Waals surface area contributed by atoms with Crippen LogP contribution in [0.2, 0.25) is 5.28 Å². The maximum absolute atomic E-state index is 12.4. The Bertz CT molecular complexity index is 1630. The fourth-order valence-electron chi connectivity index (χ4n) is 3.20. The Hall–Kier alpha value is -4.23. The molecule has 0 unspecified atom stereocenters. The highest BCUT2D eigenvalue weighted by molar-refractivity contribution is 6.61. The maximum Gasteiger partial charge on any atom is 0.498 e. The normalized spacial score (nSPS) is 15.0. The molecule has 1 saturated heterocycles. The summed E-state index contributed by atoms with van der Waals surface area (Å²) in [7, 11) is -0.757. The average molecular weight is 689 g/mol. The lowest BCUT2D eigenvalue weighted by Crippen LogP contribution is -2.41. The summed E-state index contributed by atoms with van der Waals surface area (Å²) >= 11 is 5.41. The van der Waals surface area contributed by atoms with Crippen molar-refractivity contribution in [2.75, 3.05) is 11.5 Å². The van der Waals surface area contributed by atoms with Gasteiger partial charge in [0.2, 0.25) is 16.9 Å². The van der Waals surface area contributed by atoms with E-state index in [4.69, 9.17) is 32.4 Å². The topological polar surface area (TPSA) is 174 Å². The smallest absolute Gasteiger partial charge is 0.399 e. The van der Waals surface area contributed by atoms with E-state index in [9.17, 15) is 26.3 Å². The van der Waals surface area contributed by atoms with Gasteiger partial charge in [0.05, 0.1) is 16.8 Å². The van der Waals surface area contributed by atoms with Crippen molar-refractivity contribution in [1.29, 1.82) is 0 Å². The predicted octanol–water partition coefficient (Wildman–Crippen LogP) is 5.29. The van der Waals surface area contributed by atoms with Crippen molar-refractivity contribution in [3.63, 3.8) is 0 Å². The Morgan fingerprint density at radius 1 is 0.660 bits per heavy atom. The summed E-state index contributed by atoms with van der Waals surface area (Å²) in [5, 5.41) is 0.193. The third-order valence-electron chi connectivity index (χ3n) is 6.61. The minimum absolute atomic E-state index is 0. The van der Waals surface area contributed by atoms with Crippen molar-refractivity contribution in [2.45, 2.75) is 72.5 Å². The van der Waals surface area contributed by atoms with Gasteiger partial charge in [0.25, 0.3) is 0 Å². The van der Waals surface area contributed by atoms with Crippen LogP contribution in [0.4, 0.5) is 38.0 Å². The van der Waals surface area contributed by atoms with Gasteiger partial charge in [0, 0.05) is 53.8 Å². The van der Waals surface area contributed by atoms with Crippen LogP contribution in [0.25, 0.3) is 11.4 Å². The molecule has 0 amide bonds. The summed E-state index contributed by atoms with van der Waals surface area (Å²) in [6, 6.07) is 0. The van der Waals surface area contributed by atoms with Gasteiger partial charge in [-0.25, -0.2) is 39.9 Å². The Morgan fingerprint density at radius 2 is 1.06 bits per heavy atom. The number of nitrogens with zero attached hydrogens (tertiary/aromatic N) is 8. The first-order chi connectivity index (χ1) is 21.1. The van der Waals surface area contributed by atoms with Crippen LogP contribution in [0.15, 0.2) is 37.2 Å². The second-order valence-corrected chi connectivity index (χ2v) is 11.0. The molecule has 5 heterocycles. The van der Waals surface area contributed by atoms with Crippen molar-refractivity contribution in [1.82, 2.24) is 39.9 Å². The van der Waals surface area contributed by atoms with Crippen molar-refractivity contribution in [3.8, 4) is 11.4 Å². The van der Waals surface area contributed by atoms with Gasteiger partial charge in [-0.2, -0.15) is 26.3 Å². The third kappa shape index (κ3) is 10.1. The lowest BCUT2D eigenvalue weighted by Gasteiger charge is -2.32. The number of nitrogens with two attached hydrogens (primary N) is 2. The van der Waals surface area contributed by atoms with Gasteiger partial charge in [0.1, 0.15) is 11.6 Å². The zero-order chi connectivity index (χ0) is 34.7. The lowest BCUT2D eigenvalue weighted by molar-refractivity contribution is -0.145. The molecule has 0 radical (unpaired) electrons. The molecule has 4 aromatic rings. The van der Waals surface area contributed by atoms with Crippen LogP contribution in [0.5, 0.6) is 0 Å². The molecule has 0 aliphatic carbocycles. The van der Waals surface area contributed by atoms with Crippen LogP contribution in [0, 0.1) is 13.8 Å². The Labute approximate surface area is 271 Å². The van der Waals surface area contributed by atoms with E-state index < -0.39 is 42.3 Å². The first-order valence-electron chi connectivity index (χ1n) is 13.1. The molecule has 1 aliphatic heterocycles. The van der Waals surface area contributed by atoms with Gasteiger partial charge in [-0.05, 0) is 53.1 Å². The van der Waals surface area contributed by atoms with Gasteiger partial charge in [-0.1, -0.05) is 7.43 Å². The molecule has 0 spiro atoms. The molecule has 0 bridgehead atoms. The van der Waals surface area contributed by atoms with Gasteiger partial charge < -0.3 is 20.8 Å².